The molecule has 0 heterocycles. The van der Waals surface area contributed by atoms with Gasteiger partial charge in [-0.3, -0.25) is 10.1 Å². The predicted molar refractivity (Wildman–Crippen MR) is 71.1 cm³/mol. The summed E-state index contributed by atoms with van der Waals surface area (Å²) in [6, 6.07) is 2.36. The molecule has 1 aliphatic rings. The van der Waals surface area contributed by atoms with E-state index < -0.39 is 10.7 Å². The van der Waals surface area contributed by atoms with E-state index in [1.54, 1.807) is 0 Å². The van der Waals surface area contributed by atoms with E-state index in [2.05, 4.69) is 28.2 Å². The van der Waals surface area contributed by atoms with Crippen molar-refractivity contribution in [3.8, 4) is 0 Å². The lowest BCUT2D eigenvalue weighted by atomic mass is 10.1. The summed E-state index contributed by atoms with van der Waals surface area (Å²) in [4.78, 5) is 10.4. The minimum atomic E-state index is -0.506. The van der Waals surface area contributed by atoms with Crippen molar-refractivity contribution in [1.82, 2.24) is 0 Å². The van der Waals surface area contributed by atoms with Crippen molar-refractivity contribution in [1.29, 1.82) is 0 Å². The summed E-state index contributed by atoms with van der Waals surface area (Å²) in [5.74, 6) is 0.662. The van der Waals surface area contributed by atoms with Gasteiger partial charge < -0.3 is 5.32 Å². The summed E-state index contributed by atoms with van der Waals surface area (Å²) in [6.45, 7) is 2.73. The maximum atomic E-state index is 13.4. The van der Waals surface area contributed by atoms with Crippen LogP contribution >= 0.6 is 15.9 Å². The monoisotopic (exact) mass is 316 g/mol. The zero-order chi connectivity index (χ0) is 13.3. The van der Waals surface area contributed by atoms with Crippen LogP contribution in [-0.2, 0) is 0 Å². The zero-order valence-electron chi connectivity index (χ0n) is 9.95. The Morgan fingerprint density at radius 3 is 2.83 bits per heavy atom. The highest BCUT2D eigenvalue weighted by Gasteiger charge is 2.28. The Bertz CT molecular complexity index is 477. The summed E-state index contributed by atoms with van der Waals surface area (Å²) >= 11 is 2.95. The van der Waals surface area contributed by atoms with Crippen LogP contribution in [0.25, 0.3) is 0 Å². The number of nitro groups is 1. The largest absolute Gasteiger partial charge is 0.379 e. The third kappa shape index (κ3) is 2.98. The molecule has 0 radical (unpaired) electrons. The van der Waals surface area contributed by atoms with Gasteiger partial charge >= 0.3 is 0 Å². The van der Waals surface area contributed by atoms with Gasteiger partial charge in [-0.05, 0) is 40.6 Å². The van der Waals surface area contributed by atoms with Crippen LogP contribution in [-0.4, -0.2) is 11.5 Å². The number of rotatable bonds is 5. The number of benzene rings is 1. The van der Waals surface area contributed by atoms with Gasteiger partial charge in [0.2, 0.25) is 0 Å². The van der Waals surface area contributed by atoms with Crippen LogP contribution in [0.1, 0.15) is 19.8 Å². The Hall–Kier alpha value is -1.17. The molecule has 1 atom stereocenters. The van der Waals surface area contributed by atoms with Crippen molar-refractivity contribution in [2.24, 2.45) is 11.8 Å². The number of nitrogens with one attached hydrogen (secondary N) is 1. The molecule has 98 valence electrons. The number of hydrogen-bond donors (Lipinski definition) is 1. The van der Waals surface area contributed by atoms with Gasteiger partial charge in [-0.2, -0.15) is 0 Å². The standard InChI is InChI=1S/C12H14BrFN2O2/c1-7(8-2-3-8)6-15-11-5-10(14)9(13)4-12(11)16(17)18/h4-5,7-8,15H,2-3,6H2,1H3. The molecular weight excluding hydrogens is 303 g/mol. The van der Waals surface area contributed by atoms with Crippen LogP contribution in [0, 0.1) is 27.8 Å². The summed E-state index contributed by atoms with van der Waals surface area (Å²) < 4.78 is 13.5. The lowest BCUT2D eigenvalue weighted by Gasteiger charge is -2.13. The minimum Gasteiger partial charge on any atom is -0.379 e. The maximum Gasteiger partial charge on any atom is 0.293 e. The van der Waals surface area contributed by atoms with Crippen molar-refractivity contribution < 1.29 is 9.31 Å². The van der Waals surface area contributed by atoms with Crippen LogP contribution < -0.4 is 5.32 Å². The van der Waals surface area contributed by atoms with E-state index in [-0.39, 0.29) is 15.8 Å². The van der Waals surface area contributed by atoms with E-state index in [0.717, 1.165) is 0 Å². The van der Waals surface area contributed by atoms with Gasteiger partial charge in [0.05, 0.1) is 9.40 Å². The molecule has 1 saturated carbocycles. The van der Waals surface area contributed by atoms with Gasteiger partial charge in [-0.15, -0.1) is 0 Å². The third-order valence-electron chi connectivity index (χ3n) is 3.28. The number of hydrogen-bond acceptors (Lipinski definition) is 3. The summed E-state index contributed by atoms with van der Waals surface area (Å²) in [5, 5.41) is 13.9. The van der Waals surface area contributed by atoms with Gasteiger partial charge in [0.1, 0.15) is 11.5 Å². The lowest BCUT2D eigenvalue weighted by Crippen LogP contribution is -2.14. The summed E-state index contributed by atoms with van der Waals surface area (Å²) in [6.07, 6.45) is 2.44. The highest BCUT2D eigenvalue weighted by Crippen LogP contribution is 2.37. The fourth-order valence-corrected chi connectivity index (χ4v) is 2.26. The Kier molecular flexibility index (Phi) is 3.85. The van der Waals surface area contributed by atoms with Crippen molar-refractivity contribution in [3.63, 3.8) is 0 Å². The molecule has 0 bridgehead atoms. The number of nitro benzene ring substituents is 1. The number of halogens is 2. The third-order valence-corrected chi connectivity index (χ3v) is 3.88. The SMILES string of the molecule is CC(CNc1cc(F)c(Br)cc1[N+](=O)[O-])C1CC1. The first-order valence-corrected chi connectivity index (χ1v) is 6.65. The van der Waals surface area contributed by atoms with Crippen molar-refractivity contribution in [3.05, 3.63) is 32.5 Å². The lowest BCUT2D eigenvalue weighted by molar-refractivity contribution is -0.384. The molecule has 0 saturated heterocycles. The minimum absolute atomic E-state index is 0.105. The molecular formula is C12H14BrFN2O2. The molecule has 6 heteroatoms. The van der Waals surface area contributed by atoms with Crippen LogP contribution in [0.2, 0.25) is 0 Å². The highest BCUT2D eigenvalue weighted by atomic mass is 79.9. The van der Waals surface area contributed by atoms with Crippen molar-refractivity contribution >= 4 is 27.3 Å². The Morgan fingerprint density at radius 2 is 2.28 bits per heavy atom. The fourth-order valence-electron chi connectivity index (χ4n) is 1.93. The second-order valence-electron chi connectivity index (χ2n) is 4.74. The van der Waals surface area contributed by atoms with E-state index in [4.69, 9.17) is 0 Å². The van der Waals surface area contributed by atoms with Gasteiger partial charge in [0.25, 0.3) is 5.69 Å². The smallest absolute Gasteiger partial charge is 0.293 e. The van der Waals surface area contributed by atoms with Crippen molar-refractivity contribution in [2.45, 2.75) is 19.8 Å². The molecule has 1 aliphatic carbocycles. The Labute approximate surface area is 113 Å². The molecule has 4 nitrogen and oxygen atoms in total. The second-order valence-corrected chi connectivity index (χ2v) is 5.59. The normalized spacial score (nSPS) is 16.4. The molecule has 0 aromatic heterocycles. The van der Waals surface area contributed by atoms with E-state index in [0.29, 0.717) is 18.4 Å². The number of nitrogens with zero attached hydrogens (tertiary/aromatic N) is 1. The summed E-state index contributed by atoms with van der Waals surface area (Å²) in [5.41, 5.74) is 0.138. The first-order valence-electron chi connectivity index (χ1n) is 5.86. The van der Waals surface area contributed by atoms with Crippen LogP contribution in [0.4, 0.5) is 15.8 Å². The molecule has 1 aromatic carbocycles. The van der Waals surface area contributed by atoms with Gasteiger partial charge in [0.15, 0.2) is 0 Å². The van der Waals surface area contributed by atoms with E-state index >= 15 is 0 Å². The average Bonchev–Trinajstić information content (AvgIpc) is 3.13. The first-order chi connectivity index (χ1) is 8.49. The molecule has 18 heavy (non-hydrogen) atoms. The Morgan fingerprint density at radius 1 is 1.61 bits per heavy atom. The van der Waals surface area contributed by atoms with Gasteiger partial charge in [-0.25, -0.2) is 4.39 Å². The topological polar surface area (TPSA) is 55.2 Å². The van der Waals surface area contributed by atoms with Crippen LogP contribution in [0.15, 0.2) is 16.6 Å². The molecule has 1 aromatic rings. The predicted octanol–water partition coefficient (Wildman–Crippen LogP) is 3.95. The van der Waals surface area contributed by atoms with E-state index in [9.17, 15) is 14.5 Å². The molecule has 1 fully saturated rings. The molecule has 2 rings (SSSR count). The molecule has 1 N–H and O–H groups in total. The van der Waals surface area contributed by atoms with Crippen molar-refractivity contribution in [2.75, 3.05) is 11.9 Å². The molecule has 1 unspecified atom stereocenters. The van der Waals surface area contributed by atoms with Gasteiger partial charge in [-0.1, -0.05) is 6.92 Å². The first kappa shape index (κ1) is 13.3. The van der Waals surface area contributed by atoms with E-state index in [1.165, 1.54) is 25.0 Å². The van der Waals surface area contributed by atoms with E-state index in [1.807, 2.05) is 0 Å². The second kappa shape index (κ2) is 5.22. The van der Waals surface area contributed by atoms with Crippen LogP contribution in [0.5, 0.6) is 0 Å². The number of anilines is 1. The average molecular weight is 317 g/mol. The van der Waals surface area contributed by atoms with Crippen LogP contribution in [0.3, 0.4) is 0 Å². The fraction of sp³-hybridized carbons (Fsp3) is 0.500. The van der Waals surface area contributed by atoms with Gasteiger partial charge in [0, 0.05) is 18.7 Å². The zero-order valence-corrected chi connectivity index (χ0v) is 11.5. The Balaban J connectivity index is 2.14. The molecule has 0 amide bonds. The molecule has 0 aliphatic heterocycles. The molecule has 0 spiro atoms. The summed E-state index contributed by atoms with van der Waals surface area (Å²) in [7, 11) is 0. The quantitative estimate of drug-likeness (QED) is 0.661. The maximum absolute atomic E-state index is 13.4. The highest BCUT2D eigenvalue weighted by molar-refractivity contribution is 9.10.